The van der Waals surface area contributed by atoms with Gasteiger partial charge in [0.05, 0.1) is 23.1 Å². The van der Waals surface area contributed by atoms with E-state index in [4.69, 9.17) is 0 Å². The van der Waals surface area contributed by atoms with Crippen LogP contribution in [0.4, 0.5) is 10.9 Å². The first-order valence-electron chi connectivity index (χ1n) is 6.05. The van der Waals surface area contributed by atoms with Crippen molar-refractivity contribution in [3.8, 4) is 0 Å². The molecule has 0 saturated heterocycles. The van der Waals surface area contributed by atoms with Gasteiger partial charge in [0.25, 0.3) is 0 Å². The summed E-state index contributed by atoms with van der Waals surface area (Å²) >= 11 is 1.39. The molecule has 2 heterocycles. The van der Waals surface area contributed by atoms with E-state index in [1.54, 1.807) is 0 Å². The molecule has 1 aliphatic carbocycles. The zero-order valence-electron chi connectivity index (χ0n) is 10.4. The summed E-state index contributed by atoms with van der Waals surface area (Å²) in [5.74, 6) is -0.0339. The molecule has 0 unspecified atom stereocenters. The molecular formula is C11H11N5O3S. The highest BCUT2D eigenvalue weighted by Gasteiger charge is 2.26. The number of nitrogens with zero attached hydrogens (tertiary/aromatic N) is 4. The predicted molar refractivity (Wildman–Crippen MR) is 71.6 cm³/mol. The van der Waals surface area contributed by atoms with Gasteiger partial charge in [-0.15, -0.1) is 11.3 Å². The number of thiazole rings is 1. The fourth-order valence-electron chi connectivity index (χ4n) is 1.75. The van der Waals surface area contributed by atoms with Crippen molar-refractivity contribution in [2.75, 3.05) is 5.32 Å². The van der Waals surface area contributed by atoms with Crippen LogP contribution in [-0.4, -0.2) is 25.6 Å². The van der Waals surface area contributed by atoms with Crippen LogP contribution in [0, 0.1) is 10.1 Å². The first-order chi connectivity index (χ1) is 9.61. The van der Waals surface area contributed by atoms with Crippen molar-refractivity contribution in [3.05, 3.63) is 33.5 Å². The number of hydrogen-bond acceptors (Lipinski definition) is 6. The average molecular weight is 293 g/mol. The number of rotatable bonds is 5. The summed E-state index contributed by atoms with van der Waals surface area (Å²) in [5.41, 5.74) is 1.03. The highest BCUT2D eigenvalue weighted by molar-refractivity contribution is 7.13. The molecule has 0 bridgehead atoms. The van der Waals surface area contributed by atoms with Crippen LogP contribution in [0.2, 0.25) is 0 Å². The first kappa shape index (κ1) is 12.7. The van der Waals surface area contributed by atoms with Crippen LogP contribution in [0.25, 0.3) is 0 Å². The van der Waals surface area contributed by atoms with Gasteiger partial charge in [-0.2, -0.15) is 4.68 Å². The topological polar surface area (TPSA) is 103 Å². The van der Waals surface area contributed by atoms with Crippen LogP contribution in [0.5, 0.6) is 0 Å². The standard InChI is InChI=1S/C11H11N5O3S/c17-10(5-15-4-3-9(14-15)16(18)19)13-11-12-8(6-20-11)7-1-2-7/h3-4,6-7H,1-2,5H2,(H,12,13,17). The predicted octanol–water partition coefficient (Wildman–Crippen LogP) is 1.76. The fourth-order valence-corrected chi connectivity index (χ4v) is 2.56. The zero-order chi connectivity index (χ0) is 14.1. The quantitative estimate of drug-likeness (QED) is 0.668. The van der Waals surface area contributed by atoms with E-state index in [0.29, 0.717) is 11.0 Å². The highest BCUT2D eigenvalue weighted by Crippen LogP contribution is 2.40. The summed E-state index contributed by atoms with van der Waals surface area (Å²) in [7, 11) is 0. The Morgan fingerprint density at radius 1 is 1.60 bits per heavy atom. The maximum atomic E-state index is 11.8. The molecule has 20 heavy (non-hydrogen) atoms. The average Bonchev–Trinajstić information content (AvgIpc) is 2.96. The van der Waals surface area contributed by atoms with Crippen LogP contribution in [0.15, 0.2) is 17.6 Å². The van der Waals surface area contributed by atoms with Crippen LogP contribution >= 0.6 is 11.3 Å². The minimum Gasteiger partial charge on any atom is -0.358 e. The van der Waals surface area contributed by atoms with Gasteiger partial charge in [-0.25, -0.2) is 4.98 Å². The van der Waals surface area contributed by atoms with Crippen LogP contribution in [0.1, 0.15) is 24.5 Å². The van der Waals surface area contributed by atoms with Crippen molar-refractivity contribution in [1.29, 1.82) is 0 Å². The number of hydrogen-bond donors (Lipinski definition) is 1. The number of nitrogens with one attached hydrogen (secondary N) is 1. The second-order valence-electron chi connectivity index (χ2n) is 4.53. The van der Waals surface area contributed by atoms with Crippen LogP contribution in [-0.2, 0) is 11.3 Å². The molecule has 1 aliphatic rings. The van der Waals surface area contributed by atoms with Crippen LogP contribution < -0.4 is 5.32 Å². The highest BCUT2D eigenvalue weighted by atomic mass is 32.1. The van der Waals surface area contributed by atoms with Crippen molar-refractivity contribution >= 4 is 28.2 Å². The molecule has 1 saturated carbocycles. The van der Waals surface area contributed by atoms with E-state index in [9.17, 15) is 14.9 Å². The summed E-state index contributed by atoms with van der Waals surface area (Å²) in [6.07, 6.45) is 3.72. The maximum absolute atomic E-state index is 11.8. The molecule has 2 aromatic heterocycles. The van der Waals surface area contributed by atoms with E-state index in [1.165, 1.54) is 28.3 Å². The van der Waals surface area contributed by atoms with E-state index >= 15 is 0 Å². The molecule has 1 amide bonds. The Hall–Kier alpha value is -2.29. The SMILES string of the molecule is O=C(Cn1ccc([N+](=O)[O-])n1)Nc1nc(C2CC2)cs1. The fraction of sp³-hybridized carbons (Fsp3) is 0.364. The number of carbonyl (C=O) groups excluding carboxylic acids is 1. The summed E-state index contributed by atoms with van der Waals surface area (Å²) in [6, 6.07) is 1.25. The van der Waals surface area contributed by atoms with Gasteiger partial charge in [0.1, 0.15) is 6.54 Å². The van der Waals surface area contributed by atoms with Gasteiger partial charge in [-0.3, -0.25) is 4.79 Å². The maximum Gasteiger partial charge on any atom is 0.389 e. The molecule has 0 aromatic carbocycles. The van der Waals surface area contributed by atoms with Crippen molar-refractivity contribution in [2.24, 2.45) is 0 Å². The molecule has 1 fully saturated rings. The molecular weight excluding hydrogens is 282 g/mol. The third-order valence-corrected chi connectivity index (χ3v) is 3.66. The summed E-state index contributed by atoms with van der Waals surface area (Å²) in [5, 5.41) is 19.3. The molecule has 3 rings (SSSR count). The van der Waals surface area contributed by atoms with E-state index in [1.807, 2.05) is 5.38 Å². The molecule has 0 radical (unpaired) electrons. The van der Waals surface area contributed by atoms with Crippen molar-refractivity contribution in [1.82, 2.24) is 14.8 Å². The lowest BCUT2D eigenvalue weighted by Crippen LogP contribution is -2.19. The second-order valence-corrected chi connectivity index (χ2v) is 5.39. The lowest BCUT2D eigenvalue weighted by molar-refractivity contribution is -0.389. The van der Waals surface area contributed by atoms with Gasteiger partial charge in [-0.05, 0) is 17.8 Å². The molecule has 9 heteroatoms. The zero-order valence-corrected chi connectivity index (χ0v) is 11.2. The largest absolute Gasteiger partial charge is 0.389 e. The van der Waals surface area contributed by atoms with Gasteiger partial charge in [0.15, 0.2) is 5.13 Å². The second kappa shape index (κ2) is 5.00. The monoisotopic (exact) mass is 293 g/mol. The molecule has 0 spiro atoms. The Morgan fingerprint density at radius 2 is 2.40 bits per heavy atom. The normalized spacial score (nSPS) is 14.2. The lowest BCUT2D eigenvalue weighted by Gasteiger charge is -1.99. The van der Waals surface area contributed by atoms with Crippen molar-refractivity contribution in [3.63, 3.8) is 0 Å². The smallest absolute Gasteiger partial charge is 0.358 e. The van der Waals surface area contributed by atoms with Gasteiger partial charge in [0, 0.05) is 11.3 Å². The van der Waals surface area contributed by atoms with Gasteiger partial charge in [0.2, 0.25) is 5.91 Å². The number of carbonyl (C=O) groups is 1. The van der Waals surface area contributed by atoms with Crippen molar-refractivity contribution in [2.45, 2.75) is 25.3 Å². The molecule has 2 aromatic rings. The molecule has 8 nitrogen and oxygen atoms in total. The molecule has 0 atom stereocenters. The third-order valence-electron chi connectivity index (χ3n) is 2.88. The lowest BCUT2D eigenvalue weighted by atomic mass is 10.3. The van der Waals surface area contributed by atoms with E-state index in [0.717, 1.165) is 18.5 Å². The van der Waals surface area contributed by atoms with Crippen LogP contribution in [0.3, 0.4) is 0 Å². The number of nitro groups is 1. The minimum atomic E-state index is -0.600. The minimum absolute atomic E-state index is 0.0772. The Morgan fingerprint density at radius 3 is 3.05 bits per heavy atom. The van der Waals surface area contributed by atoms with E-state index in [-0.39, 0.29) is 18.3 Å². The molecule has 0 aliphatic heterocycles. The van der Waals surface area contributed by atoms with Gasteiger partial charge >= 0.3 is 5.82 Å². The van der Waals surface area contributed by atoms with E-state index in [2.05, 4.69) is 15.4 Å². The number of anilines is 1. The van der Waals surface area contributed by atoms with Gasteiger partial charge in [-0.1, -0.05) is 0 Å². The Labute approximate surface area is 117 Å². The van der Waals surface area contributed by atoms with E-state index < -0.39 is 4.92 Å². The summed E-state index contributed by atoms with van der Waals surface area (Å²) < 4.78 is 1.23. The molecule has 104 valence electrons. The summed E-state index contributed by atoms with van der Waals surface area (Å²) in [4.78, 5) is 26.0. The number of amides is 1. The number of aromatic nitrogens is 3. The molecule has 1 N–H and O–H groups in total. The third kappa shape index (κ3) is 2.82. The first-order valence-corrected chi connectivity index (χ1v) is 6.93. The summed E-state index contributed by atoms with van der Waals surface area (Å²) in [6.45, 7) is -0.0772. The Kier molecular flexibility index (Phi) is 3.18. The Balaban J connectivity index is 1.59. The Bertz CT molecular complexity index is 661. The van der Waals surface area contributed by atoms with Crippen molar-refractivity contribution < 1.29 is 9.72 Å². The van der Waals surface area contributed by atoms with Gasteiger partial charge < -0.3 is 15.4 Å².